The van der Waals surface area contributed by atoms with Gasteiger partial charge in [0.15, 0.2) is 6.10 Å². The normalized spacial score (nSPS) is 18.2. The van der Waals surface area contributed by atoms with Gasteiger partial charge in [0, 0.05) is 18.7 Å². The predicted molar refractivity (Wildman–Crippen MR) is 112 cm³/mol. The number of nitrogens with one attached hydrogen (secondary N) is 1. The summed E-state index contributed by atoms with van der Waals surface area (Å²) < 4.78 is 5.95. The van der Waals surface area contributed by atoms with Crippen molar-refractivity contribution in [2.75, 3.05) is 31.1 Å². The first kappa shape index (κ1) is 19.9. The van der Waals surface area contributed by atoms with Crippen LogP contribution >= 0.6 is 0 Å². The summed E-state index contributed by atoms with van der Waals surface area (Å²) in [7, 11) is 0. The molecule has 1 saturated heterocycles. The van der Waals surface area contributed by atoms with Gasteiger partial charge in [-0.1, -0.05) is 30.3 Å². The van der Waals surface area contributed by atoms with Crippen molar-refractivity contribution in [2.45, 2.75) is 25.4 Å². The number of likely N-dealkylation sites (tertiary alicyclic amines) is 1. The Labute approximate surface area is 175 Å². The Morgan fingerprint density at radius 2 is 1.63 bits per heavy atom. The van der Waals surface area contributed by atoms with Crippen molar-refractivity contribution in [3.05, 3.63) is 60.2 Å². The highest BCUT2D eigenvalue weighted by atomic mass is 16.5. The van der Waals surface area contributed by atoms with Gasteiger partial charge in [0.25, 0.3) is 11.8 Å². The SMILES string of the molecule is O=C(NCC(=O)N1C[C@@H](C(=O)N2CCCCC2)Oc2ccccc21)c1ccccc1. The van der Waals surface area contributed by atoms with Gasteiger partial charge in [-0.05, 0) is 43.5 Å². The summed E-state index contributed by atoms with van der Waals surface area (Å²) in [5.74, 6) is -0.185. The fourth-order valence-electron chi connectivity index (χ4n) is 3.86. The Hall–Kier alpha value is -3.35. The fraction of sp³-hybridized carbons (Fsp3) is 0.348. The summed E-state index contributed by atoms with van der Waals surface area (Å²) in [6, 6.07) is 15.9. The molecule has 1 atom stereocenters. The Morgan fingerprint density at radius 1 is 0.933 bits per heavy atom. The highest BCUT2D eigenvalue weighted by molar-refractivity contribution is 6.02. The van der Waals surface area contributed by atoms with E-state index in [2.05, 4.69) is 5.32 Å². The van der Waals surface area contributed by atoms with Crippen LogP contribution in [-0.4, -0.2) is 54.9 Å². The number of carbonyl (C=O) groups is 3. The van der Waals surface area contributed by atoms with Crippen molar-refractivity contribution in [3.8, 4) is 5.75 Å². The van der Waals surface area contributed by atoms with Gasteiger partial charge in [-0.2, -0.15) is 0 Å². The molecule has 0 spiro atoms. The minimum absolute atomic E-state index is 0.0877. The molecule has 0 bridgehead atoms. The number of hydrogen-bond acceptors (Lipinski definition) is 4. The van der Waals surface area contributed by atoms with Crippen molar-refractivity contribution in [1.29, 1.82) is 0 Å². The lowest BCUT2D eigenvalue weighted by Gasteiger charge is -2.37. The summed E-state index contributed by atoms with van der Waals surface area (Å²) in [6.45, 7) is 1.42. The third-order valence-electron chi connectivity index (χ3n) is 5.45. The number of amides is 3. The number of anilines is 1. The Morgan fingerprint density at radius 3 is 2.40 bits per heavy atom. The van der Waals surface area contributed by atoms with Crippen LogP contribution in [0, 0.1) is 0 Å². The van der Waals surface area contributed by atoms with E-state index in [4.69, 9.17) is 4.74 Å². The minimum atomic E-state index is -0.744. The van der Waals surface area contributed by atoms with E-state index in [1.807, 2.05) is 23.1 Å². The van der Waals surface area contributed by atoms with E-state index in [9.17, 15) is 14.4 Å². The molecule has 2 aromatic carbocycles. The number of fused-ring (bicyclic) bond motifs is 1. The molecule has 7 nitrogen and oxygen atoms in total. The monoisotopic (exact) mass is 407 g/mol. The van der Waals surface area contributed by atoms with Gasteiger partial charge in [0.05, 0.1) is 18.8 Å². The maximum atomic E-state index is 13.0. The van der Waals surface area contributed by atoms with E-state index in [0.29, 0.717) is 17.0 Å². The Kier molecular flexibility index (Phi) is 5.97. The molecule has 2 aliphatic rings. The maximum Gasteiger partial charge on any atom is 0.265 e. The Bertz CT molecular complexity index is 925. The Balaban J connectivity index is 1.47. The first-order valence-electron chi connectivity index (χ1n) is 10.3. The molecular weight excluding hydrogens is 382 g/mol. The van der Waals surface area contributed by atoms with Crippen molar-refractivity contribution in [2.24, 2.45) is 0 Å². The predicted octanol–water partition coefficient (Wildman–Crippen LogP) is 2.22. The van der Waals surface area contributed by atoms with Crippen LogP contribution in [0.2, 0.25) is 0 Å². The molecule has 2 aliphatic heterocycles. The number of rotatable bonds is 4. The van der Waals surface area contributed by atoms with Crippen LogP contribution in [0.1, 0.15) is 29.6 Å². The highest BCUT2D eigenvalue weighted by Crippen LogP contribution is 2.33. The van der Waals surface area contributed by atoms with Crippen LogP contribution in [0.3, 0.4) is 0 Å². The second kappa shape index (κ2) is 8.98. The van der Waals surface area contributed by atoms with Crippen molar-refractivity contribution < 1.29 is 19.1 Å². The zero-order valence-electron chi connectivity index (χ0n) is 16.8. The van der Waals surface area contributed by atoms with Crippen molar-refractivity contribution in [3.63, 3.8) is 0 Å². The molecule has 2 heterocycles. The molecule has 3 amide bonds. The van der Waals surface area contributed by atoms with Gasteiger partial charge in [-0.3, -0.25) is 14.4 Å². The molecule has 0 aromatic heterocycles. The zero-order valence-corrected chi connectivity index (χ0v) is 16.8. The van der Waals surface area contributed by atoms with Gasteiger partial charge in [0.2, 0.25) is 5.91 Å². The molecule has 1 N–H and O–H groups in total. The average molecular weight is 407 g/mol. The molecule has 0 aliphatic carbocycles. The van der Waals surface area contributed by atoms with E-state index < -0.39 is 6.10 Å². The highest BCUT2D eigenvalue weighted by Gasteiger charge is 2.36. The second-order valence-corrected chi connectivity index (χ2v) is 7.51. The van der Waals surface area contributed by atoms with Crippen molar-refractivity contribution >= 4 is 23.4 Å². The summed E-state index contributed by atoms with van der Waals surface area (Å²) in [4.78, 5) is 41.6. The van der Waals surface area contributed by atoms with Crippen LogP contribution in [0.15, 0.2) is 54.6 Å². The number of para-hydroxylation sites is 2. The van der Waals surface area contributed by atoms with Gasteiger partial charge in [-0.25, -0.2) is 0 Å². The number of hydrogen-bond donors (Lipinski definition) is 1. The van der Waals surface area contributed by atoms with Crippen LogP contribution < -0.4 is 15.0 Å². The second-order valence-electron chi connectivity index (χ2n) is 7.51. The van der Waals surface area contributed by atoms with Crippen molar-refractivity contribution in [1.82, 2.24) is 10.2 Å². The summed E-state index contributed by atoms with van der Waals surface area (Å²) in [6.07, 6.45) is 2.36. The summed E-state index contributed by atoms with van der Waals surface area (Å²) in [5.41, 5.74) is 1.10. The largest absolute Gasteiger partial charge is 0.476 e. The molecule has 0 saturated carbocycles. The first-order valence-corrected chi connectivity index (χ1v) is 10.3. The van der Waals surface area contributed by atoms with Crippen LogP contribution in [0.25, 0.3) is 0 Å². The number of nitrogens with zero attached hydrogens (tertiary/aromatic N) is 2. The minimum Gasteiger partial charge on any atom is -0.476 e. The lowest BCUT2D eigenvalue weighted by Crippen LogP contribution is -2.54. The first-order chi connectivity index (χ1) is 14.6. The molecule has 0 radical (unpaired) electrons. The zero-order chi connectivity index (χ0) is 20.9. The average Bonchev–Trinajstić information content (AvgIpc) is 2.82. The fourth-order valence-corrected chi connectivity index (χ4v) is 3.86. The lowest BCUT2D eigenvalue weighted by molar-refractivity contribution is -0.139. The maximum absolute atomic E-state index is 13.0. The van der Waals surface area contributed by atoms with Gasteiger partial charge in [0.1, 0.15) is 5.75 Å². The number of ether oxygens (including phenoxy) is 1. The van der Waals surface area contributed by atoms with Gasteiger partial charge < -0.3 is 19.9 Å². The van der Waals surface area contributed by atoms with E-state index in [-0.39, 0.29) is 30.8 Å². The number of carbonyl (C=O) groups excluding carboxylic acids is 3. The van der Waals surface area contributed by atoms with Gasteiger partial charge >= 0.3 is 0 Å². The van der Waals surface area contributed by atoms with E-state index in [0.717, 1.165) is 32.4 Å². The molecule has 1 fully saturated rings. The summed E-state index contributed by atoms with van der Waals surface area (Å²) in [5, 5.41) is 2.67. The third-order valence-corrected chi connectivity index (χ3v) is 5.45. The molecular formula is C23H25N3O4. The quantitative estimate of drug-likeness (QED) is 0.843. The van der Waals surface area contributed by atoms with E-state index >= 15 is 0 Å². The topological polar surface area (TPSA) is 79.0 Å². The van der Waals surface area contributed by atoms with E-state index in [1.165, 1.54) is 4.90 Å². The van der Waals surface area contributed by atoms with Crippen LogP contribution in [0.4, 0.5) is 5.69 Å². The number of piperidine rings is 1. The smallest absolute Gasteiger partial charge is 0.265 e. The molecule has 156 valence electrons. The third kappa shape index (κ3) is 4.30. The lowest BCUT2D eigenvalue weighted by atomic mass is 10.1. The van der Waals surface area contributed by atoms with E-state index in [1.54, 1.807) is 36.4 Å². The molecule has 4 rings (SSSR count). The molecule has 7 heteroatoms. The molecule has 0 unspecified atom stereocenters. The van der Waals surface area contributed by atoms with Crippen LogP contribution in [-0.2, 0) is 9.59 Å². The molecule has 2 aromatic rings. The van der Waals surface area contributed by atoms with Gasteiger partial charge in [-0.15, -0.1) is 0 Å². The molecule has 30 heavy (non-hydrogen) atoms. The van der Waals surface area contributed by atoms with Crippen LogP contribution in [0.5, 0.6) is 5.75 Å². The standard InChI is InChI=1S/C23H25N3O4/c27-21(15-24-22(28)17-9-3-1-4-10-17)26-16-20(23(29)25-13-7-2-8-14-25)30-19-12-6-5-11-18(19)26/h1,3-6,9-12,20H,2,7-8,13-16H2,(H,24,28)/t20-/m0/s1. The number of benzene rings is 2. The summed E-state index contributed by atoms with van der Waals surface area (Å²) >= 11 is 0.